The fourth-order valence-electron chi connectivity index (χ4n) is 1.60. The number of hydrogen-bond acceptors (Lipinski definition) is 2. The Morgan fingerprint density at radius 1 is 1.27 bits per heavy atom. The van der Waals surface area contributed by atoms with Gasteiger partial charge < -0.3 is 10.5 Å². The molecular weight excluding hydrogens is 138 g/mol. The van der Waals surface area contributed by atoms with Crippen LogP contribution in [0, 0.1) is 0 Å². The number of ether oxygens (including phenoxy) is 1. The van der Waals surface area contributed by atoms with Crippen LogP contribution in [0.15, 0.2) is 0 Å². The first-order valence-corrected chi connectivity index (χ1v) is 4.70. The highest BCUT2D eigenvalue weighted by Crippen LogP contribution is 2.26. The van der Waals surface area contributed by atoms with Crippen molar-refractivity contribution in [1.82, 2.24) is 0 Å². The summed E-state index contributed by atoms with van der Waals surface area (Å²) in [5.41, 5.74) is 5.75. The zero-order valence-electron chi connectivity index (χ0n) is 7.44. The van der Waals surface area contributed by atoms with Crippen LogP contribution in [0.5, 0.6) is 0 Å². The van der Waals surface area contributed by atoms with E-state index in [1.165, 1.54) is 19.3 Å². The molecule has 0 saturated heterocycles. The molecule has 0 heterocycles. The largest absolute Gasteiger partial charge is 0.361 e. The van der Waals surface area contributed by atoms with E-state index in [4.69, 9.17) is 10.5 Å². The van der Waals surface area contributed by atoms with E-state index in [2.05, 4.69) is 6.92 Å². The van der Waals surface area contributed by atoms with Gasteiger partial charge in [-0.15, -0.1) is 0 Å². The average Bonchev–Trinajstić information content (AvgIpc) is 2.03. The Morgan fingerprint density at radius 3 is 2.45 bits per heavy atom. The average molecular weight is 157 g/mol. The third-order valence-electron chi connectivity index (χ3n) is 2.29. The van der Waals surface area contributed by atoms with Gasteiger partial charge in [0.25, 0.3) is 0 Å². The molecule has 0 atom stereocenters. The lowest BCUT2D eigenvalue weighted by atomic mass is 9.92. The second kappa shape index (κ2) is 4.07. The summed E-state index contributed by atoms with van der Waals surface area (Å²) in [6.07, 6.45) is 6.97. The zero-order chi connectivity index (χ0) is 8.16. The van der Waals surface area contributed by atoms with Crippen LogP contribution >= 0.6 is 0 Å². The number of nitrogens with two attached hydrogens (primary N) is 1. The zero-order valence-corrected chi connectivity index (χ0v) is 7.44. The maximum atomic E-state index is 6.02. The fourth-order valence-corrected chi connectivity index (χ4v) is 1.60. The van der Waals surface area contributed by atoms with E-state index in [1.54, 1.807) is 0 Å². The molecule has 0 amide bonds. The van der Waals surface area contributed by atoms with Crippen LogP contribution in [0.3, 0.4) is 0 Å². The predicted molar refractivity (Wildman–Crippen MR) is 46.2 cm³/mol. The summed E-state index contributed by atoms with van der Waals surface area (Å²) in [6.45, 7) is 2.93. The standard InChI is InChI=1S/C9H19NO/c1-2-8-11-9(10)6-4-3-5-7-9/h2-8,10H2,1H3. The molecule has 2 nitrogen and oxygen atoms in total. The predicted octanol–water partition coefficient (Wildman–Crippen LogP) is 2.03. The van der Waals surface area contributed by atoms with E-state index in [9.17, 15) is 0 Å². The lowest BCUT2D eigenvalue weighted by molar-refractivity contribution is -0.0653. The monoisotopic (exact) mass is 157 g/mol. The first-order valence-electron chi connectivity index (χ1n) is 4.70. The highest BCUT2D eigenvalue weighted by atomic mass is 16.5. The maximum Gasteiger partial charge on any atom is 0.116 e. The van der Waals surface area contributed by atoms with Gasteiger partial charge in [-0.2, -0.15) is 0 Å². The van der Waals surface area contributed by atoms with Gasteiger partial charge in [0.2, 0.25) is 0 Å². The molecule has 1 aliphatic rings. The highest BCUT2D eigenvalue weighted by Gasteiger charge is 2.27. The van der Waals surface area contributed by atoms with Gasteiger partial charge in [-0.3, -0.25) is 0 Å². The van der Waals surface area contributed by atoms with Gasteiger partial charge in [0.1, 0.15) is 5.72 Å². The van der Waals surface area contributed by atoms with Crippen LogP contribution < -0.4 is 5.73 Å². The summed E-state index contributed by atoms with van der Waals surface area (Å²) in [6, 6.07) is 0. The van der Waals surface area contributed by atoms with Crippen molar-refractivity contribution in [2.45, 2.75) is 51.2 Å². The Balaban J connectivity index is 2.25. The first-order chi connectivity index (χ1) is 5.27. The normalized spacial score (nSPS) is 23.5. The molecule has 1 aliphatic carbocycles. The van der Waals surface area contributed by atoms with Crippen molar-refractivity contribution in [3.63, 3.8) is 0 Å². The van der Waals surface area contributed by atoms with E-state index in [1.807, 2.05) is 0 Å². The lowest BCUT2D eigenvalue weighted by Crippen LogP contribution is -2.44. The Hall–Kier alpha value is -0.0800. The molecule has 0 aromatic rings. The van der Waals surface area contributed by atoms with Crippen LogP contribution in [0.2, 0.25) is 0 Å². The van der Waals surface area contributed by atoms with Crippen LogP contribution in [-0.4, -0.2) is 12.3 Å². The van der Waals surface area contributed by atoms with Crippen LogP contribution in [0.4, 0.5) is 0 Å². The molecule has 66 valence electrons. The topological polar surface area (TPSA) is 35.2 Å². The van der Waals surface area contributed by atoms with E-state index < -0.39 is 0 Å². The molecule has 1 fully saturated rings. The Morgan fingerprint density at radius 2 is 1.91 bits per heavy atom. The van der Waals surface area contributed by atoms with E-state index in [0.717, 1.165) is 25.9 Å². The molecule has 0 aliphatic heterocycles. The van der Waals surface area contributed by atoms with Crippen molar-refractivity contribution in [2.24, 2.45) is 5.73 Å². The molecule has 11 heavy (non-hydrogen) atoms. The molecule has 0 aromatic heterocycles. The molecular formula is C9H19NO. The fraction of sp³-hybridized carbons (Fsp3) is 1.00. The molecule has 0 radical (unpaired) electrons. The summed E-state index contributed by atoms with van der Waals surface area (Å²) in [7, 11) is 0. The minimum absolute atomic E-state index is 0.270. The van der Waals surface area contributed by atoms with Crippen molar-refractivity contribution >= 4 is 0 Å². The van der Waals surface area contributed by atoms with Crippen molar-refractivity contribution < 1.29 is 4.74 Å². The third kappa shape index (κ3) is 2.80. The second-order valence-electron chi connectivity index (χ2n) is 3.47. The van der Waals surface area contributed by atoms with E-state index >= 15 is 0 Å². The first kappa shape index (κ1) is 9.01. The quantitative estimate of drug-likeness (QED) is 0.636. The van der Waals surface area contributed by atoms with Crippen molar-refractivity contribution in [2.75, 3.05) is 6.61 Å². The Kier molecular flexibility index (Phi) is 3.34. The minimum atomic E-state index is -0.270. The summed E-state index contributed by atoms with van der Waals surface area (Å²) >= 11 is 0. The van der Waals surface area contributed by atoms with Crippen LogP contribution in [0.25, 0.3) is 0 Å². The van der Waals surface area contributed by atoms with Gasteiger partial charge in [0, 0.05) is 6.61 Å². The molecule has 1 saturated carbocycles. The van der Waals surface area contributed by atoms with Gasteiger partial charge in [-0.25, -0.2) is 0 Å². The van der Waals surface area contributed by atoms with E-state index in [-0.39, 0.29) is 5.72 Å². The minimum Gasteiger partial charge on any atom is -0.361 e. The molecule has 0 spiro atoms. The molecule has 2 heteroatoms. The van der Waals surface area contributed by atoms with Gasteiger partial charge in [-0.1, -0.05) is 13.3 Å². The molecule has 1 rings (SSSR count). The van der Waals surface area contributed by atoms with Crippen LogP contribution in [0.1, 0.15) is 45.4 Å². The van der Waals surface area contributed by atoms with Gasteiger partial charge in [0.05, 0.1) is 0 Å². The van der Waals surface area contributed by atoms with Gasteiger partial charge >= 0.3 is 0 Å². The van der Waals surface area contributed by atoms with Gasteiger partial charge in [-0.05, 0) is 32.1 Å². The summed E-state index contributed by atoms with van der Waals surface area (Å²) in [5.74, 6) is 0. The van der Waals surface area contributed by atoms with Crippen LogP contribution in [-0.2, 0) is 4.74 Å². The summed E-state index contributed by atoms with van der Waals surface area (Å²) in [4.78, 5) is 0. The third-order valence-corrected chi connectivity index (χ3v) is 2.29. The summed E-state index contributed by atoms with van der Waals surface area (Å²) in [5, 5.41) is 0. The highest BCUT2D eigenvalue weighted by molar-refractivity contribution is 4.77. The maximum absolute atomic E-state index is 6.02. The molecule has 0 unspecified atom stereocenters. The van der Waals surface area contributed by atoms with Crippen molar-refractivity contribution in [1.29, 1.82) is 0 Å². The van der Waals surface area contributed by atoms with E-state index in [0.29, 0.717) is 0 Å². The second-order valence-corrected chi connectivity index (χ2v) is 3.47. The number of hydrogen-bond donors (Lipinski definition) is 1. The SMILES string of the molecule is CCCOC1(N)CCCCC1. The molecule has 0 aromatic carbocycles. The Labute approximate surface area is 69.1 Å². The summed E-state index contributed by atoms with van der Waals surface area (Å²) < 4.78 is 5.60. The van der Waals surface area contributed by atoms with Crippen molar-refractivity contribution in [3.05, 3.63) is 0 Å². The lowest BCUT2D eigenvalue weighted by Gasteiger charge is -2.33. The van der Waals surface area contributed by atoms with Crippen molar-refractivity contribution in [3.8, 4) is 0 Å². The smallest absolute Gasteiger partial charge is 0.116 e. The molecule has 2 N–H and O–H groups in total. The Bertz CT molecular complexity index is 108. The molecule has 0 bridgehead atoms. The van der Waals surface area contributed by atoms with Gasteiger partial charge in [0.15, 0.2) is 0 Å². The number of rotatable bonds is 3.